The van der Waals surface area contributed by atoms with Crippen molar-refractivity contribution in [3.05, 3.63) is 57.3 Å². The number of carboxylic acids is 1. The molecule has 2 aromatic heterocycles. The molecule has 0 spiro atoms. The number of nitrogens with one attached hydrogen (secondary N) is 2. The van der Waals surface area contributed by atoms with Gasteiger partial charge in [0.2, 0.25) is 11.6 Å². The molecule has 3 N–H and O–H groups in total. The summed E-state index contributed by atoms with van der Waals surface area (Å²) in [4.78, 5) is 41.9. The average Bonchev–Trinajstić information content (AvgIpc) is 3.18. The molecule has 0 atom stereocenters. The fraction of sp³-hybridized carbons (Fsp3) is 0.176. The van der Waals surface area contributed by atoms with E-state index in [0.29, 0.717) is 12.1 Å². The number of likely N-dealkylation sites (N-methyl/N-ethyl adjacent to an activating group) is 1. The van der Waals surface area contributed by atoms with Crippen molar-refractivity contribution >= 4 is 17.5 Å². The quantitative estimate of drug-likeness (QED) is 0.505. The highest BCUT2D eigenvalue weighted by Crippen LogP contribution is 2.36. The molecule has 1 amide bonds. The van der Waals surface area contributed by atoms with Gasteiger partial charge in [-0.2, -0.15) is 0 Å². The maximum absolute atomic E-state index is 12.3. The Balaban J connectivity index is 1.92. The minimum Gasteiger partial charge on any atom is -0.476 e. The molecule has 0 unspecified atom stereocenters. The Morgan fingerprint density at radius 2 is 2.20 bits per heavy atom. The number of imidazole rings is 1. The van der Waals surface area contributed by atoms with Crippen LogP contribution in [0.1, 0.15) is 27.3 Å². The van der Waals surface area contributed by atoms with Crippen LogP contribution in [0.5, 0.6) is 0 Å². The SMILES string of the molecule is CNC(=O)Cc1cccc2c1Cc1c-2[nH]c(=O)c2nc(C(=O)O)cn12. The normalized spacial score (nSPS) is 12.0. The summed E-state index contributed by atoms with van der Waals surface area (Å²) < 4.78 is 1.53. The van der Waals surface area contributed by atoms with Crippen LogP contribution < -0.4 is 10.9 Å². The van der Waals surface area contributed by atoms with E-state index in [0.717, 1.165) is 22.4 Å². The van der Waals surface area contributed by atoms with E-state index in [1.54, 1.807) is 7.05 Å². The maximum Gasteiger partial charge on any atom is 0.356 e. The highest BCUT2D eigenvalue weighted by molar-refractivity contribution is 5.86. The Kier molecular flexibility index (Phi) is 3.21. The number of aromatic nitrogens is 3. The number of rotatable bonds is 3. The molecule has 4 rings (SSSR count). The number of carbonyl (C=O) groups excluding carboxylic acids is 1. The number of carbonyl (C=O) groups is 2. The molecule has 1 aliphatic carbocycles. The predicted molar refractivity (Wildman–Crippen MR) is 88.8 cm³/mol. The molecule has 1 aromatic carbocycles. The first-order valence-electron chi connectivity index (χ1n) is 7.69. The van der Waals surface area contributed by atoms with E-state index < -0.39 is 11.5 Å². The monoisotopic (exact) mass is 338 g/mol. The van der Waals surface area contributed by atoms with Gasteiger partial charge in [-0.15, -0.1) is 0 Å². The lowest BCUT2D eigenvalue weighted by molar-refractivity contribution is -0.119. The minimum absolute atomic E-state index is 0.0526. The molecule has 25 heavy (non-hydrogen) atoms. The van der Waals surface area contributed by atoms with E-state index in [9.17, 15) is 14.4 Å². The first kappa shape index (κ1) is 15.1. The van der Waals surface area contributed by atoms with Crippen LogP contribution in [0.15, 0.2) is 29.2 Å². The number of H-pyrrole nitrogens is 1. The lowest BCUT2D eigenvalue weighted by atomic mass is 10.00. The van der Waals surface area contributed by atoms with Gasteiger partial charge in [-0.05, 0) is 11.1 Å². The summed E-state index contributed by atoms with van der Waals surface area (Å²) in [5, 5.41) is 11.7. The number of nitrogens with zero attached hydrogens (tertiary/aromatic N) is 2. The third-order valence-electron chi connectivity index (χ3n) is 4.46. The van der Waals surface area contributed by atoms with Crippen LogP contribution in [0, 0.1) is 0 Å². The van der Waals surface area contributed by atoms with E-state index in [1.807, 2.05) is 18.2 Å². The van der Waals surface area contributed by atoms with Gasteiger partial charge >= 0.3 is 5.97 Å². The van der Waals surface area contributed by atoms with Crippen molar-refractivity contribution in [1.82, 2.24) is 19.7 Å². The van der Waals surface area contributed by atoms with Crippen LogP contribution in [0.25, 0.3) is 16.9 Å². The van der Waals surface area contributed by atoms with Gasteiger partial charge in [-0.3, -0.25) is 14.0 Å². The van der Waals surface area contributed by atoms with Crippen LogP contribution in [0.4, 0.5) is 0 Å². The molecular weight excluding hydrogens is 324 g/mol. The molecule has 8 heteroatoms. The van der Waals surface area contributed by atoms with Gasteiger partial charge in [0.05, 0.1) is 17.8 Å². The summed E-state index contributed by atoms with van der Waals surface area (Å²) in [6.45, 7) is 0. The van der Waals surface area contributed by atoms with Crippen LogP contribution in [0.2, 0.25) is 0 Å². The number of aromatic amines is 1. The van der Waals surface area contributed by atoms with Gasteiger partial charge in [0, 0.05) is 25.2 Å². The van der Waals surface area contributed by atoms with Crippen LogP contribution >= 0.6 is 0 Å². The smallest absolute Gasteiger partial charge is 0.356 e. The number of amides is 1. The van der Waals surface area contributed by atoms with E-state index in [1.165, 1.54) is 10.6 Å². The fourth-order valence-electron chi connectivity index (χ4n) is 3.28. The second kappa shape index (κ2) is 5.30. The summed E-state index contributed by atoms with van der Waals surface area (Å²) in [6.07, 6.45) is 2.09. The third-order valence-corrected chi connectivity index (χ3v) is 4.46. The summed E-state index contributed by atoms with van der Waals surface area (Å²) in [5.41, 5.74) is 3.50. The van der Waals surface area contributed by atoms with Gasteiger partial charge in [0.1, 0.15) is 0 Å². The van der Waals surface area contributed by atoms with Crippen molar-refractivity contribution in [3.8, 4) is 11.3 Å². The first-order valence-corrected chi connectivity index (χ1v) is 7.69. The lowest BCUT2D eigenvalue weighted by Gasteiger charge is -2.07. The minimum atomic E-state index is -1.19. The van der Waals surface area contributed by atoms with Gasteiger partial charge in [0.15, 0.2) is 5.69 Å². The molecule has 0 radical (unpaired) electrons. The molecule has 8 nitrogen and oxygen atoms in total. The predicted octanol–water partition coefficient (Wildman–Crippen LogP) is 0.580. The summed E-state index contributed by atoms with van der Waals surface area (Å²) >= 11 is 0. The molecule has 0 fully saturated rings. The van der Waals surface area contributed by atoms with Crippen LogP contribution in [0.3, 0.4) is 0 Å². The number of carboxylic acid groups (broad SMARTS) is 1. The second-order valence-electron chi connectivity index (χ2n) is 5.87. The van der Waals surface area contributed by atoms with E-state index >= 15 is 0 Å². The summed E-state index contributed by atoms with van der Waals surface area (Å²) in [5.74, 6) is -1.29. The van der Waals surface area contributed by atoms with Gasteiger partial charge in [0.25, 0.3) is 5.56 Å². The second-order valence-corrected chi connectivity index (χ2v) is 5.87. The highest BCUT2D eigenvalue weighted by Gasteiger charge is 2.26. The van der Waals surface area contributed by atoms with Crippen molar-refractivity contribution in [2.45, 2.75) is 12.8 Å². The van der Waals surface area contributed by atoms with Crippen molar-refractivity contribution in [3.63, 3.8) is 0 Å². The summed E-state index contributed by atoms with van der Waals surface area (Å²) in [6, 6.07) is 5.60. The zero-order valence-corrected chi connectivity index (χ0v) is 13.3. The third kappa shape index (κ3) is 2.22. The molecule has 1 aliphatic rings. The van der Waals surface area contributed by atoms with E-state index in [-0.39, 0.29) is 23.7 Å². The topological polar surface area (TPSA) is 117 Å². The Labute approximate surface area is 141 Å². The van der Waals surface area contributed by atoms with Crippen molar-refractivity contribution in [2.75, 3.05) is 7.05 Å². The summed E-state index contributed by atoms with van der Waals surface area (Å²) in [7, 11) is 1.58. The number of benzene rings is 1. The molecular formula is C17H14N4O4. The molecule has 0 bridgehead atoms. The Bertz CT molecular complexity index is 1110. The number of hydrogen-bond donors (Lipinski definition) is 3. The Morgan fingerprint density at radius 1 is 1.40 bits per heavy atom. The molecule has 0 saturated heterocycles. The Hall–Kier alpha value is -3.42. The Morgan fingerprint density at radius 3 is 2.92 bits per heavy atom. The maximum atomic E-state index is 12.3. The largest absolute Gasteiger partial charge is 0.476 e. The fourth-order valence-corrected chi connectivity index (χ4v) is 3.28. The molecule has 0 aliphatic heterocycles. The van der Waals surface area contributed by atoms with Crippen molar-refractivity contribution in [1.29, 1.82) is 0 Å². The zero-order valence-electron chi connectivity index (χ0n) is 13.3. The molecule has 126 valence electrons. The van der Waals surface area contributed by atoms with Gasteiger partial charge in [-0.25, -0.2) is 9.78 Å². The van der Waals surface area contributed by atoms with Gasteiger partial charge in [-0.1, -0.05) is 18.2 Å². The standard InChI is InChI=1S/C17H14N4O4/c1-18-13(22)5-8-3-2-4-9-10(8)6-12-14(9)20-16(23)15-19-11(17(24)25)7-21(12)15/h2-4,7H,5-6H2,1H3,(H,18,22)(H,20,23)(H,24,25). The lowest BCUT2D eigenvalue weighted by Crippen LogP contribution is -2.20. The van der Waals surface area contributed by atoms with Crippen LogP contribution in [-0.2, 0) is 17.6 Å². The number of aromatic carboxylic acids is 1. The highest BCUT2D eigenvalue weighted by atomic mass is 16.4. The van der Waals surface area contributed by atoms with Crippen molar-refractivity contribution < 1.29 is 14.7 Å². The molecule has 0 saturated carbocycles. The van der Waals surface area contributed by atoms with Gasteiger partial charge < -0.3 is 15.4 Å². The molecule has 2 heterocycles. The first-order chi connectivity index (χ1) is 12.0. The van der Waals surface area contributed by atoms with E-state index in [2.05, 4.69) is 15.3 Å². The molecule has 3 aromatic rings. The van der Waals surface area contributed by atoms with E-state index in [4.69, 9.17) is 5.11 Å². The number of fused-ring (bicyclic) bond motifs is 5. The number of hydrogen-bond acceptors (Lipinski definition) is 4. The van der Waals surface area contributed by atoms with Crippen LogP contribution in [-0.4, -0.2) is 38.4 Å². The zero-order chi connectivity index (χ0) is 17.7. The van der Waals surface area contributed by atoms with Crippen molar-refractivity contribution in [2.24, 2.45) is 0 Å². The average molecular weight is 338 g/mol.